The Balaban J connectivity index is 1.66. The van der Waals surface area contributed by atoms with E-state index < -0.39 is 53.5 Å². The van der Waals surface area contributed by atoms with Gasteiger partial charge in [0.25, 0.3) is 11.8 Å². The molecule has 0 aliphatic carbocycles. The van der Waals surface area contributed by atoms with E-state index in [1.54, 1.807) is 40.8 Å². The van der Waals surface area contributed by atoms with Gasteiger partial charge in [0.15, 0.2) is 6.10 Å². The lowest BCUT2D eigenvalue weighted by Gasteiger charge is -2.35. The maximum absolute atomic E-state index is 13.2. The lowest BCUT2D eigenvalue weighted by atomic mass is 9.89. The Hall–Kier alpha value is -3.79. The molecule has 0 unspecified atom stereocenters. The molecule has 2 aromatic rings. The summed E-state index contributed by atoms with van der Waals surface area (Å²) in [6.45, 7) is 10.8. The van der Waals surface area contributed by atoms with Crippen LogP contribution in [-0.2, 0) is 28.7 Å². The molecule has 10 nitrogen and oxygen atoms in total. The highest BCUT2D eigenvalue weighted by molar-refractivity contribution is 5.91. The highest BCUT2D eigenvalue weighted by atomic mass is 16.6. The van der Waals surface area contributed by atoms with Crippen LogP contribution in [0.15, 0.2) is 36.5 Å². The molecule has 2 aliphatic heterocycles. The van der Waals surface area contributed by atoms with Gasteiger partial charge in [-0.1, -0.05) is 32.1 Å². The number of pyridine rings is 1. The van der Waals surface area contributed by atoms with Crippen molar-refractivity contribution in [2.24, 2.45) is 11.3 Å². The SMILES string of the molecule is CC(C)[C@@H]1OC(=O)C(C)(C)C/C=C/c2cc3cc(ccc3cn2)[C@@H](C)OC(=O)[C@@H]2CCCN(N2)C(=O)[C@H](C)NC1=O. The summed E-state index contributed by atoms with van der Waals surface area (Å²) in [5, 5.41) is 5.93. The maximum Gasteiger partial charge on any atom is 0.325 e. The van der Waals surface area contributed by atoms with Gasteiger partial charge in [-0.25, -0.2) is 5.43 Å². The summed E-state index contributed by atoms with van der Waals surface area (Å²) >= 11 is 0. The first kappa shape index (κ1) is 30.2. The Morgan fingerprint density at radius 1 is 1.05 bits per heavy atom. The Bertz CT molecular complexity index is 1350. The Kier molecular flexibility index (Phi) is 9.11. The van der Waals surface area contributed by atoms with E-state index in [0.29, 0.717) is 25.8 Å². The fraction of sp³-hybridized carbons (Fsp3) is 0.516. The molecule has 0 saturated carbocycles. The summed E-state index contributed by atoms with van der Waals surface area (Å²) in [7, 11) is 0. The van der Waals surface area contributed by atoms with Gasteiger partial charge >= 0.3 is 11.9 Å². The van der Waals surface area contributed by atoms with Crippen molar-refractivity contribution in [3.05, 3.63) is 47.8 Å². The fourth-order valence-corrected chi connectivity index (χ4v) is 4.88. The van der Waals surface area contributed by atoms with Gasteiger partial charge in [0.05, 0.1) is 11.1 Å². The van der Waals surface area contributed by atoms with E-state index in [2.05, 4.69) is 15.7 Å². The molecule has 10 heteroatoms. The lowest BCUT2D eigenvalue weighted by Crippen LogP contribution is -2.60. The number of aromatic nitrogens is 1. The standard InChI is InChI=1S/C31H40N4O6/c1-18(2)26-27(36)33-19(3)28(37)35-14-8-10-25(34-35)29(38)40-20(4)21-11-12-22-17-32-24(16-23(22)15-21)9-7-13-31(5,6)30(39)41-26/h7,9,11-12,15-20,25-26,34H,8,10,13-14H2,1-6H3,(H,33,36)/b9-7+/t19-,20+,25-,26-/m0/s1. The van der Waals surface area contributed by atoms with Crippen molar-refractivity contribution in [2.45, 2.75) is 85.1 Å². The molecule has 0 spiro atoms. The van der Waals surface area contributed by atoms with Gasteiger partial charge in [-0.15, -0.1) is 0 Å². The van der Waals surface area contributed by atoms with Crippen LogP contribution in [0.5, 0.6) is 0 Å². The quantitative estimate of drug-likeness (QED) is 0.500. The third-order valence-corrected chi connectivity index (χ3v) is 7.56. The molecular weight excluding hydrogens is 524 g/mol. The molecule has 2 amide bonds. The Morgan fingerprint density at radius 2 is 1.80 bits per heavy atom. The molecule has 1 fully saturated rings. The summed E-state index contributed by atoms with van der Waals surface area (Å²) in [6, 6.07) is 6.14. The highest BCUT2D eigenvalue weighted by Crippen LogP contribution is 2.27. The van der Waals surface area contributed by atoms with Crippen molar-refractivity contribution in [2.75, 3.05) is 6.54 Å². The van der Waals surface area contributed by atoms with E-state index in [4.69, 9.17) is 9.47 Å². The zero-order valence-electron chi connectivity index (χ0n) is 24.6. The molecule has 41 heavy (non-hydrogen) atoms. The summed E-state index contributed by atoms with van der Waals surface area (Å²) in [5.41, 5.74) is 3.62. The first-order valence-electron chi connectivity index (χ1n) is 14.2. The molecule has 3 heterocycles. The Morgan fingerprint density at radius 3 is 2.54 bits per heavy atom. The number of hydrazine groups is 1. The number of rotatable bonds is 1. The minimum Gasteiger partial charge on any atom is -0.457 e. The number of carbonyl (C=O) groups is 4. The minimum atomic E-state index is -1.08. The number of hydrogen-bond acceptors (Lipinski definition) is 8. The van der Waals surface area contributed by atoms with Gasteiger partial charge in [0.1, 0.15) is 18.2 Å². The third kappa shape index (κ3) is 7.11. The van der Waals surface area contributed by atoms with Gasteiger partial charge < -0.3 is 14.8 Å². The normalized spacial score (nSPS) is 27.1. The number of nitrogens with zero attached hydrogens (tertiary/aromatic N) is 2. The number of hydrogen-bond donors (Lipinski definition) is 2. The van der Waals surface area contributed by atoms with Gasteiger partial charge in [-0.3, -0.25) is 29.2 Å². The van der Waals surface area contributed by atoms with Crippen LogP contribution in [-0.4, -0.2) is 58.5 Å². The molecule has 1 aromatic carbocycles. The summed E-state index contributed by atoms with van der Waals surface area (Å²) in [5.74, 6) is -2.24. The lowest BCUT2D eigenvalue weighted by molar-refractivity contribution is -0.167. The maximum atomic E-state index is 13.2. The van der Waals surface area contributed by atoms with Crippen molar-refractivity contribution in [3.8, 4) is 0 Å². The van der Waals surface area contributed by atoms with Crippen molar-refractivity contribution in [1.29, 1.82) is 0 Å². The largest absolute Gasteiger partial charge is 0.457 e. The topological polar surface area (TPSA) is 127 Å². The number of ether oxygens (including phenoxy) is 2. The zero-order valence-corrected chi connectivity index (χ0v) is 24.6. The summed E-state index contributed by atoms with van der Waals surface area (Å²) in [6.07, 6.45) is 5.36. The van der Waals surface area contributed by atoms with Gasteiger partial charge in [0.2, 0.25) is 0 Å². The fourth-order valence-electron chi connectivity index (χ4n) is 4.88. The number of carbonyl (C=O) groups excluding carboxylic acids is 4. The molecule has 1 aromatic heterocycles. The van der Waals surface area contributed by atoms with E-state index >= 15 is 0 Å². The molecule has 0 radical (unpaired) electrons. The molecule has 4 rings (SSSR count). The van der Waals surface area contributed by atoms with Crippen LogP contribution < -0.4 is 10.7 Å². The first-order valence-corrected chi connectivity index (χ1v) is 14.2. The molecule has 2 aliphatic rings. The predicted molar refractivity (Wildman–Crippen MR) is 154 cm³/mol. The molecule has 4 atom stereocenters. The molecule has 220 valence electrons. The van der Waals surface area contributed by atoms with E-state index in [-0.39, 0.29) is 5.92 Å². The van der Waals surface area contributed by atoms with Crippen LogP contribution in [0.2, 0.25) is 0 Å². The molecule has 1 saturated heterocycles. The second kappa shape index (κ2) is 12.4. The number of benzene rings is 1. The molecule has 2 N–H and O–H groups in total. The monoisotopic (exact) mass is 564 g/mol. The average molecular weight is 565 g/mol. The predicted octanol–water partition coefficient (Wildman–Crippen LogP) is 3.85. The first-order chi connectivity index (χ1) is 19.4. The van der Waals surface area contributed by atoms with Crippen LogP contribution in [0.1, 0.15) is 78.2 Å². The minimum absolute atomic E-state index is 0.320. The number of nitrogens with one attached hydrogen (secondary N) is 2. The van der Waals surface area contributed by atoms with E-state index in [9.17, 15) is 19.2 Å². The highest BCUT2D eigenvalue weighted by Gasteiger charge is 2.37. The number of cyclic esters (lactones) is 2. The van der Waals surface area contributed by atoms with E-state index in [0.717, 1.165) is 22.0 Å². The van der Waals surface area contributed by atoms with E-state index in [1.807, 2.05) is 43.3 Å². The average Bonchev–Trinajstić information content (AvgIpc) is 2.94. The van der Waals surface area contributed by atoms with Crippen LogP contribution >= 0.6 is 0 Å². The third-order valence-electron chi connectivity index (χ3n) is 7.56. The number of amides is 2. The number of fused-ring (bicyclic) bond motifs is 4. The van der Waals surface area contributed by atoms with Gasteiger partial charge in [-0.2, -0.15) is 0 Å². The van der Waals surface area contributed by atoms with Crippen molar-refractivity contribution in [3.63, 3.8) is 0 Å². The summed E-state index contributed by atoms with van der Waals surface area (Å²) < 4.78 is 11.5. The van der Waals surface area contributed by atoms with E-state index in [1.165, 1.54) is 5.01 Å². The zero-order chi connectivity index (χ0) is 29.9. The van der Waals surface area contributed by atoms with Crippen LogP contribution in [0.4, 0.5) is 0 Å². The molecule has 5 bridgehead atoms. The Labute approximate surface area is 240 Å². The molecular formula is C31H40N4O6. The smallest absolute Gasteiger partial charge is 0.325 e. The van der Waals surface area contributed by atoms with Gasteiger partial charge in [0, 0.05) is 18.1 Å². The number of allylic oxidation sites excluding steroid dienone is 1. The van der Waals surface area contributed by atoms with Crippen molar-refractivity contribution < 1.29 is 28.7 Å². The summed E-state index contributed by atoms with van der Waals surface area (Å²) in [4.78, 5) is 57.1. The van der Waals surface area contributed by atoms with Gasteiger partial charge in [-0.05, 0) is 82.0 Å². The van der Waals surface area contributed by atoms with Crippen molar-refractivity contribution in [1.82, 2.24) is 20.7 Å². The van der Waals surface area contributed by atoms with Crippen LogP contribution in [0.25, 0.3) is 16.8 Å². The van der Waals surface area contributed by atoms with Crippen LogP contribution in [0, 0.1) is 11.3 Å². The second-order valence-electron chi connectivity index (χ2n) is 11.9. The van der Waals surface area contributed by atoms with Crippen LogP contribution in [0.3, 0.4) is 0 Å². The second-order valence-corrected chi connectivity index (χ2v) is 11.9. The number of esters is 2. The van der Waals surface area contributed by atoms with Crippen molar-refractivity contribution >= 4 is 40.6 Å².